The van der Waals surface area contributed by atoms with E-state index in [2.05, 4.69) is 24.4 Å². The molecule has 0 fully saturated rings. The standard InChI is InChI=1S/C17H26N2O2/c1-5-13(4)14-8-10-16(11-9-14)21-12-17(20)19-18-15(6-2)7-3/h8-11,13H,5-7,12H2,1-4H3,(H,19,20). The van der Waals surface area contributed by atoms with E-state index in [9.17, 15) is 4.79 Å². The van der Waals surface area contributed by atoms with Gasteiger partial charge >= 0.3 is 0 Å². The molecule has 4 heteroatoms. The molecule has 1 rings (SSSR count). The summed E-state index contributed by atoms with van der Waals surface area (Å²) in [5, 5.41) is 4.06. The van der Waals surface area contributed by atoms with Crippen LogP contribution in [0.3, 0.4) is 0 Å². The molecule has 4 nitrogen and oxygen atoms in total. The molecule has 116 valence electrons. The Bertz CT molecular complexity index is 460. The Labute approximate surface area is 127 Å². The quantitative estimate of drug-likeness (QED) is 0.583. The Morgan fingerprint density at radius 2 is 1.81 bits per heavy atom. The molecule has 1 atom stereocenters. The third-order valence-corrected chi connectivity index (χ3v) is 3.59. The number of hydrogen-bond acceptors (Lipinski definition) is 3. The van der Waals surface area contributed by atoms with E-state index in [1.54, 1.807) is 0 Å². The van der Waals surface area contributed by atoms with E-state index >= 15 is 0 Å². The van der Waals surface area contributed by atoms with Crippen LogP contribution in [0.4, 0.5) is 0 Å². The van der Waals surface area contributed by atoms with E-state index in [0.717, 1.165) is 25.0 Å². The van der Waals surface area contributed by atoms with Gasteiger partial charge in [0.25, 0.3) is 5.91 Å². The van der Waals surface area contributed by atoms with E-state index in [0.29, 0.717) is 11.7 Å². The molecule has 1 aromatic carbocycles. The van der Waals surface area contributed by atoms with Gasteiger partial charge in [-0.15, -0.1) is 0 Å². The van der Waals surface area contributed by atoms with Crippen molar-refractivity contribution in [3.63, 3.8) is 0 Å². The minimum Gasteiger partial charge on any atom is -0.484 e. The number of rotatable bonds is 8. The molecule has 0 spiro atoms. The van der Waals surface area contributed by atoms with Crippen LogP contribution < -0.4 is 10.2 Å². The molecule has 0 radical (unpaired) electrons. The highest BCUT2D eigenvalue weighted by Crippen LogP contribution is 2.21. The van der Waals surface area contributed by atoms with Crippen LogP contribution in [-0.4, -0.2) is 18.2 Å². The van der Waals surface area contributed by atoms with Crippen LogP contribution in [0.25, 0.3) is 0 Å². The van der Waals surface area contributed by atoms with Crippen molar-refractivity contribution in [2.24, 2.45) is 5.10 Å². The molecular weight excluding hydrogens is 264 g/mol. The first-order valence-electron chi connectivity index (χ1n) is 7.67. The van der Waals surface area contributed by atoms with Crippen molar-refractivity contribution < 1.29 is 9.53 Å². The summed E-state index contributed by atoms with van der Waals surface area (Å²) in [6, 6.07) is 7.90. The second kappa shape index (κ2) is 9.16. The van der Waals surface area contributed by atoms with Crippen molar-refractivity contribution in [1.29, 1.82) is 0 Å². The Balaban J connectivity index is 2.44. The van der Waals surface area contributed by atoms with Crippen molar-refractivity contribution in [3.05, 3.63) is 29.8 Å². The summed E-state index contributed by atoms with van der Waals surface area (Å²) in [5.74, 6) is 1.01. The first kappa shape index (κ1) is 17.2. The van der Waals surface area contributed by atoms with Crippen molar-refractivity contribution in [2.45, 2.75) is 52.9 Å². The fourth-order valence-corrected chi connectivity index (χ4v) is 1.86. The number of carbonyl (C=O) groups excluding carboxylic acids is 1. The predicted molar refractivity (Wildman–Crippen MR) is 86.8 cm³/mol. The van der Waals surface area contributed by atoms with Crippen LogP contribution in [0.1, 0.15) is 58.4 Å². The molecule has 0 aliphatic carbocycles. The summed E-state index contributed by atoms with van der Waals surface area (Å²) in [4.78, 5) is 11.6. The number of nitrogens with zero attached hydrogens (tertiary/aromatic N) is 1. The van der Waals surface area contributed by atoms with Gasteiger partial charge < -0.3 is 4.74 Å². The Morgan fingerprint density at radius 3 is 2.33 bits per heavy atom. The number of benzene rings is 1. The van der Waals surface area contributed by atoms with Gasteiger partial charge in [-0.25, -0.2) is 5.43 Å². The highest BCUT2D eigenvalue weighted by Gasteiger charge is 2.05. The van der Waals surface area contributed by atoms with Crippen LogP contribution in [0.5, 0.6) is 5.75 Å². The van der Waals surface area contributed by atoms with Gasteiger partial charge in [-0.2, -0.15) is 5.10 Å². The largest absolute Gasteiger partial charge is 0.484 e. The Kier molecular flexibility index (Phi) is 7.51. The lowest BCUT2D eigenvalue weighted by Gasteiger charge is -2.10. The third-order valence-electron chi connectivity index (χ3n) is 3.59. The second-order valence-electron chi connectivity index (χ2n) is 5.09. The fourth-order valence-electron chi connectivity index (χ4n) is 1.86. The van der Waals surface area contributed by atoms with Crippen LogP contribution in [0, 0.1) is 0 Å². The number of hydrogen-bond donors (Lipinski definition) is 1. The maximum Gasteiger partial charge on any atom is 0.277 e. The minimum atomic E-state index is -0.236. The van der Waals surface area contributed by atoms with Gasteiger partial charge in [0.15, 0.2) is 6.61 Å². The van der Waals surface area contributed by atoms with Crippen LogP contribution in [0.15, 0.2) is 29.4 Å². The van der Waals surface area contributed by atoms with Crippen molar-refractivity contribution in [2.75, 3.05) is 6.61 Å². The maximum atomic E-state index is 11.6. The van der Waals surface area contributed by atoms with Gasteiger partial charge in [0.2, 0.25) is 0 Å². The Morgan fingerprint density at radius 1 is 1.19 bits per heavy atom. The van der Waals surface area contributed by atoms with E-state index in [-0.39, 0.29) is 12.5 Å². The lowest BCUT2D eigenvalue weighted by molar-refractivity contribution is -0.123. The molecular formula is C17H26N2O2. The third kappa shape index (κ3) is 5.98. The predicted octanol–water partition coefficient (Wildman–Crippen LogP) is 3.87. The molecule has 1 unspecified atom stereocenters. The number of carbonyl (C=O) groups is 1. The molecule has 0 heterocycles. The normalized spacial score (nSPS) is 11.6. The minimum absolute atomic E-state index is 0.0209. The van der Waals surface area contributed by atoms with E-state index in [4.69, 9.17) is 4.74 Å². The molecule has 0 saturated heterocycles. The van der Waals surface area contributed by atoms with Crippen LogP contribution >= 0.6 is 0 Å². The molecule has 0 aliphatic rings. The molecule has 1 aromatic rings. The van der Waals surface area contributed by atoms with Gasteiger partial charge in [0.05, 0.1) is 0 Å². The number of nitrogens with one attached hydrogen (secondary N) is 1. The fraction of sp³-hybridized carbons (Fsp3) is 0.529. The zero-order valence-electron chi connectivity index (χ0n) is 13.5. The molecule has 1 N–H and O–H groups in total. The Hall–Kier alpha value is -1.84. The average Bonchev–Trinajstić information content (AvgIpc) is 2.53. The molecule has 0 aliphatic heterocycles. The van der Waals surface area contributed by atoms with E-state index in [1.807, 2.05) is 38.1 Å². The number of ether oxygens (including phenoxy) is 1. The SMILES string of the molecule is CCC(CC)=NNC(=O)COc1ccc(C(C)CC)cc1. The van der Waals surface area contributed by atoms with Crippen molar-refractivity contribution in [3.8, 4) is 5.75 Å². The summed E-state index contributed by atoms with van der Waals surface area (Å²) in [5.41, 5.74) is 4.78. The van der Waals surface area contributed by atoms with Gasteiger partial charge in [0.1, 0.15) is 5.75 Å². The molecule has 0 bridgehead atoms. The highest BCUT2D eigenvalue weighted by molar-refractivity contribution is 5.86. The molecule has 0 saturated carbocycles. The van der Waals surface area contributed by atoms with E-state index in [1.165, 1.54) is 5.56 Å². The van der Waals surface area contributed by atoms with Gasteiger partial charge in [-0.1, -0.05) is 39.8 Å². The van der Waals surface area contributed by atoms with E-state index < -0.39 is 0 Å². The summed E-state index contributed by atoms with van der Waals surface area (Å²) < 4.78 is 5.45. The van der Waals surface area contributed by atoms with Crippen LogP contribution in [0.2, 0.25) is 0 Å². The topological polar surface area (TPSA) is 50.7 Å². The van der Waals surface area contributed by atoms with Gasteiger partial charge in [-0.3, -0.25) is 4.79 Å². The zero-order chi connectivity index (χ0) is 15.7. The van der Waals surface area contributed by atoms with Gasteiger partial charge in [-0.05, 0) is 42.9 Å². The highest BCUT2D eigenvalue weighted by atomic mass is 16.5. The molecule has 0 aromatic heterocycles. The maximum absolute atomic E-state index is 11.6. The average molecular weight is 290 g/mol. The first-order valence-corrected chi connectivity index (χ1v) is 7.67. The van der Waals surface area contributed by atoms with Crippen LogP contribution in [-0.2, 0) is 4.79 Å². The zero-order valence-corrected chi connectivity index (χ0v) is 13.5. The summed E-state index contributed by atoms with van der Waals surface area (Å²) >= 11 is 0. The second-order valence-corrected chi connectivity index (χ2v) is 5.09. The molecule has 1 amide bonds. The molecule has 21 heavy (non-hydrogen) atoms. The lowest BCUT2D eigenvalue weighted by Crippen LogP contribution is -2.25. The smallest absolute Gasteiger partial charge is 0.277 e. The number of hydrazone groups is 1. The van der Waals surface area contributed by atoms with Crippen molar-refractivity contribution >= 4 is 11.6 Å². The summed E-state index contributed by atoms with van der Waals surface area (Å²) in [6.07, 6.45) is 2.79. The van der Waals surface area contributed by atoms with Gasteiger partial charge in [0, 0.05) is 5.71 Å². The lowest BCUT2D eigenvalue weighted by atomic mass is 9.99. The summed E-state index contributed by atoms with van der Waals surface area (Å²) in [6.45, 7) is 8.38. The number of amides is 1. The van der Waals surface area contributed by atoms with Crippen molar-refractivity contribution in [1.82, 2.24) is 5.43 Å². The monoisotopic (exact) mass is 290 g/mol. The summed E-state index contributed by atoms with van der Waals surface area (Å²) in [7, 11) is 0. The first-order chi connectivity index (χ1) is 10.1.